The van der Waals surface area contributed by atoms with Gasteiger partial charge in [-0.2, -0.15) is 0 Å². The van der Waals surface area contributed by atoms with Crippen LogP contribution in [0.5, 0.6) is 0 Å². The number of ether oxygens (including phenoxy) is 3. The number of nitro benzene ring substituents is 1. The molecular formula is C17H19NO6. The number of esters is 1. The van der Waals surface area contributed by atoms with E-state index in [1.165, 1.54) is 24.3 Å². The van der Waals surface area contributed by atoms with Crippen molar-refractivity contribution in [1.82, 2.24) is 0 Å². The third-order valence-electron chi connectivity index (χ3n) is 5.50. The molecule has 0 radical (unpaired) electrons. The summed E-state index contributed by atoms with van der Waals surface area (Å²) >= 11 is 0. The van der Waals surface area contributed by atoms with Gasteiger partial charge in [0.05, 0.1) is 23.7 Å². The molecule has 1 aromatic rings. The fourth-order valence-corrected chi connectivity index (χ4v) is 4.42. The van der Waals surface area contributed by atoms with Gasteiger partial charge in [-0.1, -0.05) is 0 Å². The maximum Gasteiger partial charge on any atom is 0.338 e. The molecular weight excluding hydrogens is 314 g/mol. The van der Waals surface area contributed by atoms with Crippen LogP contribution in [0, 0.1) is 22.0 Å². The number of hydrogen-bond acceptors (Lipinski definition) is 6. The van der Waals surface area contributed by atoms with Gasteiger partial charge >= 0.3 is 5.97 Å². The third kappa shape index (κ3) is 2.48. The molecule has 0 aromatic heterocycles. The minimum absolute atomic E-state index is 0.0410. The van der Waals surface area contributed by atoms with Gasteiger partial charge in [0.25, 0.3) is 5.69 Å². The Balaban J connectivity index is 1.42. The lowest BCUT2D eigenvalue weighted by Gasteiger charge is -2.28. The summed E-state index contributed by atoms with van der Waals surface area (Å²) in [6.45, 7) is 1.27. The number of non-ortho nitro benzene ring substituents is 1. The molecule has 1 aliphatic heterocycles. The number of hydrogen-bond donors (Lipinski definition) is 0. The molecule has 2 saturated carbocycles. The monoisotopic (exact) mass is 333 g/mol. The highest BCUT2D eigenvalue weighted by molar-refractivity contribution is 5.89. The molecule has 2 aliphatic carbocycles. The Labute approximate surface area is 139 Å². The molecule has 7 heteroatoms. The molecule has 4 rings (SSSR count). The highest BCUT2D eigenvalue weighted by Crippen LogP contribution is 2.54. The van der Waals surface area contributed by atoms with Crippen LogP contribution >= 0.6 is 0 Å². The molecule has 3 atom stereocenters. The van der Waals surface area contributed by atoms with E-state index in [0.717, 1.165) is 25.7 Å². The van der Waals surface area contributed by atoms with Crippen LogP contribution in [0.3, 0.4) is 0 Å². The Kier molecular flexibility index (Phi) is 3.77. The maximum absolute atomic E-state index is 12.3. The second kappa shape index (κ2) is 5.82. The van der Waals surface area contributed by atoms with Crippen LogP contribution in [0.4, 0.5) is 5.69 Å². The Hall–Kier alpha value is -1.99. The van der Waals surface area contributed by atoms with Crippen molar-refractivity contribution in [3.05, 3.63) is 39.9 Å². The van der Waals surface area contributed by atoms with E-state index in [4.69, 9.17) is 14.2 Å². The first kappa shape index (κ1) is 15.5. The molecule has 7 nitrogen and oxygen atoms in total. The van der Waals surface area contributed by atoms with Crippen molar-refractivity contribution < 1.29 is 23.9 Å². The maximum atomic E-state index is 12.3. The van der Waals surface area contributed by atoms with E-state index in [-0.39, 0.29) is 23.6 Å². The SMILES string of the molecule is O=C(OC1CCC2C1CCC21OCCO1)c1ccc([N+](=O)[O-])cc1. The average molecular weight is 333 g/mol. The van der Waals surface area contributed by atoms with Crippen LogP contribution in [-0.4, -0.2) is 36.0 Å². The largest absolute Gasteiger partial charge is 0.458 e. The molecule has 1 spiro atoms. The number of benzene rings is 1. The van der Waals surface area contributed by atoms with Gasteiger partial charge in [0.15, 0.2) is 5.79 Å². The first-order valence-corrected chi connectivity index (χ1v) is 8.32. The van der Waals surface area contributed by atoms with Gasteiger partial charge in [-0.15, -0.1) is 0 Å². The molecule has 1 saturated heterocycles. The van der Waals surface area contributed by atoms with Crippen molar-refractivity contribution in [3.8, 4) is 0 Å². The van der Waals surface area contributed by atoms with E-state index >= 15 is 0 Å². The van der Waals surface area contributed by atoms with Gasteiger partial charge in [-0.05, 0) is 31.4 Å². The number of carbonyl (C=O) groups excluding carboxylic acids is 1. The van der Waals surface area contributed by atoms with Gasteiger partial charge < -0.3 is 14.2 Å². The van der Waals surface area contributed by atoms with Crippen molar-refractivity contribution >= 4 is 11.7 Å². The van der Waals surface area contributed by atoms with E-state index < -0.39 is 16.7 Å². The fraction of sp³-hybridized carbons (Fsp3) is 0.588. The summed E-state index contributed by atoms with van der Waals surface area (Å²) in [6.07, 6.45) is 3.40. The first-order chi connectivity index (χ1) is 11.6. The van der Waals surface area contributed by atoms with Crippen LogP contribution in [0.2, 0.25) is 0 Å². The van der Waals surface area contributed by atoms with E-state index in [0.29, 0.717) is 18.8 Å². The molecule has 0 N–H and O–H groups in total. The average Bonchev–Trinajstić information content (AvgIpc) is 3.28. The van der Waals surface area contributed by atoms with Crippen molar-refractivity contribution in [3.63, 3.8) is 0 Å². The van der Waals surface area contributed by atoms with Crippen LogP contribution in [0.15, 0.2) is 24.3 Å². The molecule has 1 aromatic carbocycles. The van der Waals surface area contributed by atoms with Gasteiger partial charge in [-0.25, -0.2) is 4.79 Å². The topological polar surface area (TPSA) is 87.9 Å². The Bertz CT molecular complexity index is 652. The van der Waals surface area contributed by atoms with Crippen LogP contribution < -0.4 is 0 Å². The predicted octanol–water partition coefficient (Wildman–Crippen LogP) is 2.68. The Morgan fingerprint density at radius 1 is 1.17 bits per heavy atom. The summed E-state index contributed by atoms with van der Waals surface area (Å²) in [5, 5.41) is 10.7. The van der Waals surface area contributed by atoms with Crippen molar-refractivity contribution in [2.75, 3.05) is 13.2 Å². The van der Waals surface area contributed by atoms with Crippen LogP contribution in [0.1, 0.15) is 36.0 Å². The zero-order valence-electron chi connectivity index (χ0n) is 13.2. The predicted molar refractivity (Wildman–Crippen MR) is 82.4 cm³/mol. The summed E-state index contributed by atoms with van der Waals surface area (Å²) in [4.78, 5) is 22.5. The normalized spacial score (nSPS) is 30.4. The summed E-state index contributed by atoms with van der Waals surface area (Å²) in [5.74, 6) is -0.330. The minimum atomic E-state index is -0.490. The molecule has 0 amide bonds. The molecule has 128 valence electrons. The lowest BCUT2D eigenvalue weighted by Crippen LogP contribution is -2.35. The lowest BCUT2D eigenvalue weighted by molar-refractivity contribution is -0.384. The van der Waals surface area contributed by atoms with Crippen molar-refractivity contribution in [2.24, 2.45) is 11.8 Å². The van der Waals surface area contributed by atoms with Gasteiger partial charge in [0.1, 0.15) is 6.10 Å². The van der Waals surface area contributed by atoms with E-state index in [1.54, 1.807) is 0 Å². The third-order valence-corrected chi connectivity index (χ3v) is 5.50. The zero-order valence-corrected chi connectivity index (χ0v) is 13.2. The summed E-state index contributed by atoms with van der Waals surface area (Å²) in [5.41, 5.74) is 0.297. The second-order valence-corrected chi connectivity index (χ2v) is 6.64. The molecule has 3 fully saturated rings. The van der Waals surface area contributed by atoms with Crippen molar-refractivity contribution in [1.29, 1.82) is 0 Å². The van der Waals surface area contributed by atoms with E-state index in [2.05, 4.69) is 0 Å². The van der Waals surface area contributed by atoms with Gasteiger partial charge in [0.2, 0.25) is 0 Å². The minimum Gasteiger partial charge on any atom is -0.458 e. The number of carbonyl (C=O) groups is 1. The molecule has 3 unspecified atom stereocenters. The summed E-state index contributed by atoms with van der Waals surface area (Å²) in [7, 11) is 0. The highest BCUT2D eigenvalue weighted by atomic mass is 16.7. The summed E-state index contributed by atoms with van der Waals surface area (Å²) in [6, 6.07) is 5.51. The standard InChI is InChI=1S/C17H19NO6/c19-16(11-1-3-12(4-2-11)18(20)21)24-15-6-5-14-13(15)7-8-17(14)22-9-10-23-17/h1-4,13-15H,5-10H2. The molecule has 24 heavy (non-hydrogen) atoms. The summed E-state index contributed by atoms with van der Waals surface area (Å²) < 4.78 is 17.4. The number of nitrogens with zero attached hydrogens (tertiary/aromatic N) is 1. The second-order valence-electron chi connectivity index (χ2n) is 6.64. The Morgan fingerprint density at radius 2 is 1.88 bits per heavy atom. The highest BCUT2D eigenvalue weighted by Gasteiger charge is 2.58. The number of nitro groups is 1. The van der Waals surface area contributed by atoms with Crippen LogP contribution in [-0.2, 0) is 14.2 Å². The quantitative estimate of drug-likeness (QED) is 0.480. The lowest BCUT2D eigenvalue weighted by atomic mass is 9.96. The zero-order chi connectivity index (χ0) is 16.7. The molecule has 1 heterocycles. The molecule has 3 aliphatic rings. The Morgan fingerprint density at radius 3 is 2.54 bits per heavy atom. The number of fused-ring (bicyclic) bond motifs is 2. The molecule has 0 bridgehead atoms. The van der Waals surface area contributed by atoms with E-state index in [9.17, 15) is 14.9 Å². The smallest absolute Gasteiger partial charge is 0.338 e. The first-order valence-electron chi connectivity index (χ1n) is 8.32. The number of rotatable bonds is 3. The van der Waals surface area contributed by atoms with Crippen LogP contribution in [0.25, 0.3) is 0 Å². The van der Waals surface area contributed by atoms with Gasteiger partial charge in [-0.3, -0.25) is 10.1 Å². The van der Waals surface area contributed by atoms with E-state index in [1.807, 2.05) is 0 Å². The van der Waals surface area contributed by atoms with Crippen molar-refractivity contribution in [2.45, 2.75) is 37.6 Å². The van der Waals surface area contributed by atoms with Gasteiger partial charge in [0, 0.05) is 30.4 Å². The fourth-order valence-electron chi connectivity index (χ4n) is 4.42.